The third-order valence-corrected chi connectivity index (χ3v) is 4.29. The number of aromatic amines is 1. The second-order valence-corrected chi connectivity index (χ2v) is 6.29. The topological polar surface area (TPSA) is 84.3 Å². The number of nitrogens with one attached hydrogen (secondary N) is 2. The summed E-state index contributed by atoms with van der Waals surface area (Å²) in [5.74, 6) is 1.56. The zero-order valence-electron chi connectivity index (χ0n) is 14.4. The van der Waals surface area contributed by atoms with Crippen LogP contribution in [0.25, 0.3) is 17.2 Å². The lowest BCUT2D eigenvalue weighted by Crippen LogP contribution is -2.17. The number of H-pyrrole nitrogens is 1. The Kier molecular flexibility index (Phi) is 4.52. The first-order chi connectivity index (χ1) is 13.1. The van der Waals surface area contributed by atoms with Gasteiger partial charge in [-0.05, 0) is 18.2 Å². The first-order valence-corrected chi connectivity index (χ1v) is 8.63. The van der Waals surface area contributed by atoms with Crippen molar-refractivity contribution in [1.29, 1.82) is 0 Å². The molecule has 136 valence electrons. The molecule has 27 heavy (non-hydrogen) atoms. The Balaban J connectivity index is 1.64. The third-order valence-electron chi connectivity index (χ3n) is 4.05. The van der Waals surface area contributed by atoms with Gasteiger partial charge in [-0.15, -0.1) is 0 Å². The van der Waals surface area contributed by atoms with Crippen LogP contribution in [0.1, 0.15) is 5.69 Å². The van der Waals surface area contributed by atoms with E-state index in [4.69, 9.17) is 16.3 Å². The molecule has 0 atom stereocenters. The van der Waals surface area contributed by atoms with Gasteiger partial charge in [-0.2, -0.15) is 9.50 Å². The second-order valence-electron chi connectivity index (χ2n) is 5.86. The molecule has 0 saturated heterocycles. The van der Waals surface area contributed by atoms with Crippen molar-refractivity contribution in [3.05, 3.63) is 75.7 Å². The molecular weight excluding hydrogens is 366 g/mol. The predicted octanol–water partition coefficient (Wildman–Crippen LogP) is 3.36. The molecule has 0 fully saturated rings. The first kappa shape index (κ1) is 17.1. The molecule has 2 aromatic carbocycles. The van der Waals surface area contributed by atoms with Gasteiger partial charge in [0.15, 0.2) is 5.82 Å². The van der Waals surface area contributed by atoms with Crippen LogP contribution in [-0.4, -0.2) is 26.7 Å². The van der Waals surface area contributed by atoms with Crippen molar-refractivity contribution in [3.8, 4) is 17.1 Å². The van der Waals surface area contributed by atoms with Crippen molar-refractivity contribution in [2.45, 2.75) is 6.54 Å². The van der Waals surface area contributed by atoms with Gasteiger partial charge in [0.1, 0.15) is 5.75 Å². The maximum Gasteiger partial charge on any atom is 0.274 e. The molecule has 0 aliphatic heterocycles. The number of anilines is 1. The lowest BCUT2D eigenvalue weighted by atomic mass is 10.2. The van der Waals surface area contributed by atoms with Gasteiger partial charge in [0.2, 0.25) is 0 Å². The summed E-state index contributed by atoms with van der Waals surface area (Å²) >= 11 is 6.04. The standard InChI is InChI=1S/C19H16ClN5O2/c1-27-16-8-7-13(20)9-15(16)21-11-14-10-17(26)25-19(22-14)23-18(24-25)12-5-3-2-4-6-12/h2-10,21H,11H2,1H3,(H,22,23,24). The van der Waals surface area contributed by atoms with Gasteiger partial charge in [0.25, 0.3) is 11.3 Å². The molecule has 0 unspecified atom stereocenters. The maximum absolute atomic E-state index is 12.4. The van der Waals surface area contributed by atoms with Gasteiger partial charge in [-0.25, -0.2) is 4.98 Å². The number of aromatic nitrogens is 4. The van der Waals surface area contributed by atoms with Gasteiger partial charge in [-0.1, -0.05) is 41.9 Å². The van der Waals surface area contributed by atoms with E-state index in [1.807, 2.05) is 30.3 Å². The first-order valence-electron chi connectivity index (χ1n) is 8.25. The molecule has 2 heterocycles. The number of fused-ring (bicyclic) bond motifs is 1. The molecule has 4 rings (SSSR count). The van der Waals surface area contributed by atoms with Crippen LogP contribution in [-0.2, 0) is 6.54 Å². The van der Waals surface area contributed by atoms with Crippen LogP contribution in [0.2, 0.25) is 5.02 Å². The summed E-state index contributed by atoms with van der Waals surface area (Å²) in [4.78, 5) is 21.3. The Morgan fingerprint density at radius 3 is 2.74 bits per heavy atom. The van der Waals surface area contributed by atoms with Crippen LogP contribution in [0.15, 0.2) is 59.4 Å². The van der Waals surface area contributed by atoms with Crippen LogP contribution in [0, 0.1) is 0 Å². The third kappa shape index (κ3) is 3.50. The number of nitrogens with zero attached hydrogens (tertiary/aromatic N) is 3. The number of benzene rings is 2. The van der Waals surface area contributed by atoms with E-state index in [2.05, 4.69) is 20.4 Å². The van der Waals surface area contributed by atoms with Crippen LogP contribution >= 0.6 is 11.6 Å². The van der Waals surface area contributed by atoms with E-state index in [0.29, 0.717) is 34.6 Å². The van der Waals surface area contributed by atoms with Crippen LogP contribution in [0.4, 0.5) is 5.69 Å². The highest BCUT2D eigenvalue weighted by molar-refractivity contribution is 6.30. The molecule has 4 aromatic rings. The monoisotopic (exact) mass is 381 g/mol. The van der Waals surface area contributed by atoms with E-state index in [1.54, 1.807) is 25.3 Å². The van der Waals surface area contributed by atoms with E-state index >= 15 is 0 Å². The Morgan fingerprint density at radius 2 is 1.96 bits per heavy atom. The van der Waals surface area contributed by atoms with Gasteiger partial charge < -0.3 is 10.1 Å². The lowest BCUT2D eigenvalue weighted by Gasteiger charge is -2.11. The number of ether oxygens (including phenoxy) is 1. The fourth-order valence-corrected chi connectivity index (χ4v) is 2.92. The molecule has 0 bridgehead atoms. The highest BCUT2D eigenvalue weighted by atomic mass is 35.5. The Morgan fingerprint density at radius 1 is 1.15 bits per heavy atom. The van der Waals surface area contributed by atoms with E-state index in [0.717, 1.165) is 11.3 Å². The van der Waals surface area contributed by atoms with Crippen molar-refractivity contribution in [3.63, 3.8) is 0 Å². The number of hydrogen-bond donors (Lipinski definition) is 2. The quantitative estimate of drug-likeness (QED) is 0.553. The molecule has 0 aliphatic rings. The molecule has 2 N–H and O–H groups in total. The van der Waals surface area contributed by atoms with Crippen LogP contribution < -0.4 is 15.6 Å². The fraction of sp³-hybridized carbons (Fsp3) is 0.105. The predicted molar refractivity (Wildman–Crippen MR) is 104 cm³/mol. The minimum Gasteiger partial charge on any atom is -0.495 e. The molecular formula is C19H16ClN5O2. The van der Waals surface area contributed by atoms with Gasteiger partial charge in [0, 0.05) is 16.7 Å². The molecule has 0 radical (unpaired) electrons. The molecule has 0 saturated carbocycles. The maximum atomic E-state index is 12.4. The molecule has 0 amide bonds. The average molecular weight is 382 g/mol. The summed E-state index contributed by atoms with van der Waals surface area (Å²) in [6.45, 7) is 0.329. The largest absolute Gasteiger partial charge is 0.495 e. The summed E-state index contributed by atoms with van der Waals surface area (Å²) in [6, 6.07) is 16.3. The molecule has 0 aliphatic carbocycles. The molecule has 0 spiro atoms. The highest BCUT2D eigenvalue weighted by Crippen LogP contribution is 2.27. The second kappa shape index (κ2) is 7.13. The van der Waals surface area contributed by atoms with Gasteiger partial charge in [0.05, 0.1) is 25.0 Å². The van der Waals surface area contributed by atoms with Crippen LogP contribution in [0.5, 0.6) is 5.75 Å². The number of rotatable bonds is 5. The zero-order chi connectivity index (χ0) is 18.8. The zero-order valence-corrected chi connectivity index (χ0v) is 15.2. The highest BCUT2D eigenvalue weighted by Gasteiger charge is 2.10. The van der Waals surface area contributed by atoms with Crippen LogP contribution in [0.3, 0.4) is 0 Å². The van der Waals surface area contributed by atoms with E-state index < -0.39 is 0 Å². The number of hydrogen-bond acceptors (Lipinski definition) is 5. The summed E-state index contributed by atoms with van der Waals surface area (Å²) in [6.07, 6.45) is 0. The molecule has 8 heteroatoms. The van der Waals surface area contributed by atoms with Gasteiger partial charge >= 0.3 is 0 Å². The smallest absolute Gasteiger partial charge is 0.274 e. The summed E-state index contributed by atoms with van der Waals surface area (Å²) in [7, 11) is 1.58. The summed E-state index contributed by atoms with van der Waals surface area (Å²) < 4.78 is 6.64. The lowest BCUT2D eigenvalue weighted by molar-refractivity contribution is 0.416. The fourth-order valence-electron chi connectivity index (χ4n) is 2.75. The normalized spacial score (nSPS) is 10.9. The Hall–Kier alpha value is -3.32. The average Bonchev–Trinajstić information content (AvgIpc) is 3.12. The van der Waals surface area contributed by atoms with Crippen molar-refractivity contribution >= 4 is 23.1 Å². The molecule has 2 aromatic heterocycles. The summed E-state index contributed by atoms with van der Waals surface area (Å²) in [5.41, 5.74) is 1.93. The van der Waals surface area contributed by atoms with E-state index in [-0.39, 0.29) is 5.56 Å². The summed E-state index contributed by atoms with van der Waals surface area (Å²) in [5, 5.41) is 6.76. The van der Waals surface area contributed by atoms with Crippen molar-refractivity contribution in [1.82, 2.24) is 19.6 Å². The van der Waals surface area contributed by atoms with Crippen molar-refractivity contribution in [2.75, 3.05) is 12.4 Å². The number of methoxy groups -OCH3 is 1. The van der Waals surface area contributed by atoms with E-state index in [9.17, 15) is 4.79 Å². The van der Waals surface area contributed by atoms with Crippen molar-refractivity contribution < 1.29 is 4.74 Å². The SMILES string of the molecule is COc1ccc(Cl)cc1NCc1cc(=O)n2[nH]c(-c3ccccc3)nc2n1. The minimum atomic E-state index is -0.232. The molecule has 7 nitrogen and oxygen atoms in total. The van der Waals surface area contributed by atoms with Crippen molar-refractivity contribution in [2.24, 2.45) is 0 Å². The Labute approximate surface area is 159 Å². The van der Waals surface area contributed by atoms with E-state index in [1.165, 1.54) is 10.6 Å². The minimum absolute atomic E-state index is 0.232. The van der Waals surface area contributed by atoms with Gasteiger partial charge in [-0.3, -0.25) is 9.89 Å². The Bertz CT molecular complexity index is 1150. The number of halogens is 1.